The predicted molar refractivity (Wildman–Crippen MR) is 140 cm³/mol. The first kappa shape index (κ1) is 26.8. The van der Waals surface area contributed by atoms with Crippen molar-refractivity contribution in [2.24, 2.45) is 29.6 Å². The van der Waals surface area contributed by atoms with Gasteiger partial charge in [0.25, 0.3) is 0 Å². The summed E-state index contributed by atoms with van der Waals surface area (Å²) in [7, 11) is 0. The van der Waals surface area contributed by atoms with Gasteiger partial charge in [0.2, 0.25) is 5.91 Å². The van der Waals surface area contributed by atoms with Crippen LogP contribution in [0.2, 0.25) is 0 Å². The fourth-order valence-electron chi connectivity index (χ4n) is 7.19. The molecule has 5 aliphatic rings. The Morgan fingerprint density at radius 3 is 2.75 bits per heavy atom. The van der Waals surface area contributed by atoms with E-state index in [0.717, 1.165) is 64.5 Å². The van der Waals surface area contributed by atoms with Crippen LogP contribution < -0.4 is 26.8 Å². The Morgan fingerprint density at radius 2 is 1.97 bits per heavy atom. The van der Waals surface area contributed by atoms with E-state index in [-0.39, 0.29) is 18.0 Å². The zero-order chi connectivity index (χ0) is 24.9. The lowest BCUT2D eigenvalue weighted by Crippen LogP contribution is -2.55. The monoisotopic (exact) mass is 506 g/mol. The average Bonchev–Trinajstić information content (AvgIpc) is 3.38. The number of β-amino-alcohol motifs (C(OH)–C–C–N with tert-alkyl or cyclic N) is 1. The van der Waals surface area contributed by atoms with E-state index in [1.54, 1.807) is 0 Å². The minimum Gasteiger partial charge on any atom is -0.390 e. The SMILES string of the molecule is CC1C(OCC2CNNC2)CCC2CN(C[C@@H](O)CNC(=O)C3CCNC(NC4CCC4)C3)CCC21. The van der Waals surface area contributed by atoms with Crippen LogP contribution in [0.3, 0.4) is 0 Å². The third-order valence-corrected chi connectivity index (χ3v) is 9.71. The number of carbonyl (C=O) groups excluding carboxylic acids is 1. The summed E-state index contributed by atoms with van der Waals surface area (Å²) in [6.45, 7) is 9.21. The number of nitrogens with zero attached hydrogens (tertiary/aromatic N) is 1. The molecule has 3 heterocycles. The minimum atomic E-state index is -0.512. The molecule has 0 radical (unpaired) electrons. The van der Waals surface area contributed by atoms with Crippen molar-refractivity contribution in [1.29, 1.82) is 0 Å². The minimum absolute atomic E-state index is 0.0341. The Kier molecular flexibility index (Phi) is 9.54. The number of hydrogen-bond donors (Lipinski definition) is 6. The van der Waals surface area contributed by atoms with E-state index in [1.807, 2.05) is 0 Å². The lowest BCUT2D eigenvalue weighted by molar-refractivity contribution is -0.126. The second-order valence-corrected chi connectivity index (χ2v) is 12.3. The van der Waals surface area contributed by atoms with E-state index in [4.69, 9.17) is 4.74 Å². The Bertz CT molecular complexity index is 703. The number of aliphatic hydroxyl groups is 1. The Morgan fingerprint density at radius 1 is 1.14 bits per heavy atom. The molecule has 0 aromatic rings. The molecular weight excluding hydrogens is 456 g/mol. The number of aliphatic hydroxyl groups excluding tert-OH is 1. The lowest BCUT2D eigenvalue weighted by Gasteiger charge is -2.47. The van der Waals surface area contributed by atoms with Crippen LogP contribution in [0.4, 0.5) is 0 Å². The Labute approximate surface area is 217 Å². The number of amides is 1. The number of carbonyl (C=O) groups is 1. The molecule has 5 fully saturated rings. The van der Waals surface area contributed by atoms with E-state index >= 15 is 0 Å². The Hall–Kier alpha value is -0.810. The number of hydrogen-bond acceptors (Lipinski definition) is 8. The number of fused-ring (bicyclic) bond motifs is 1. The molecule has 1 amide bonds. The molecular formula is C27H50N6O3. The van der Waals surface area contributed by atoms with Gasteiger partial charge < -0.3 is 25.4 Å². The van der Waals surface area contributed by atoms with E-state index in [1.165, 1.54) is 32.1 Å². The van der Waals surface area contributed by atoms with Gasteiger partial charge in [0.15, 0.2) is 0 Å². The molecule has 0 bridgehead atoms. The fraction of sp³-hybridized carbons (Fsp3) is 0.963. The zero-order valence-corrected chi connectivity index (χ0v) is 22.2. The van der Waals surface area contributed by atoms with E-state index in [9.17, 15) is 9.90 Å². The van der Waals surface area contributed by atoms with Crippen molar-refractivity contribution in [1.82, 2.24) is 31.7 Å². The van der Waals surface area contributed by atoms with Crippen LogP contribution in [-0.4, -0.2) is 92.7 Å². The topological polar surface area (TPSA) is 110 Å². The molecule has 3 saturated heterocycles. The molecule has 5 rings (SSSR count). The van der Waals surface area contributed by atoms with Gasteiger partial charge >= 0.3 is 0 Å². The van der Waals surface area contributed by atoms with Crippen LogP contribution in [0.1, 0.15) is 58.3 Å². The molecule has 9 heteroatoms. The number of piperidine rings is 2. The number of likely N-dealkylation sites (tertiary alicyclic amines) is 1. The van der Waals surface area contributed by atoms with Gasteiger partial charge in [-0.05, 0) is 75.8 Å². The third-order valence-electron chi connectivity index (χ3n) is 9.71. The highest BCUT2D eigenvalue weighted by Gasteiger charge is 2.41. The molecule has 0 spiro atoms. The summed E-state index contributed by atoms with van der Waals surface area (Å²) in [5, 5.41) is 20.9. The number of hydrazine groups is 1. The second kappa shape index (κ2) is 12.8. The molecule has 6 unspecified atom stereocenters. The summed E-state index contributed by atoms with van der Waals surface area (Å²) < 4.78 is 6.38. The molecule has 0 aromatic heterocycles. The largest absolute Gasteiger partial charge is 0.390 e. The summed E-state index contributed by atoms with van der Waals surface area (Å²) in [5.74, 6) is 2.74. The molecule has 9 nitrogen and oxygen atoms in total. The van der Waals surface area contributed by atoms with Crippen molar-refractivity contribution < 1.29 is 14.6 Å². The van der Waals surface area contributed by atoms with Crippen molar-refractivity contribution in [3.05, 3.63) is 0 Å². The van der Waals surface area contributed by atoms with Crippen LogP contribution in [-0.2, 0) is 9.53 Å². The van der Waals surface area contributed by atoms with Crippen molar-refractivity contribution in [3.8, 4) is 0 Å². The first-order chi connectivity index (χ1) is 17.5. The maximum Gasteiger partial charge on any atom is 0.223 e. The van der Waals surface area contributed by atoms with Crippen molar-refractivity contribution in [2.75, 3.05) is 52.4 Å². The highest BCUT2D eigenvalue weighted by molar-refractivity contribution is 5.78. The first-order valence-corrected chi connectivity index (χ1v) is 14.8. The zero-order valence-electron chi connectivity index (χ0n) is 22.2. The molecule has 3 aliphatic heterocycles. The smallest absolute Gasteiger partial charge is 0.223 e. The molecule has 36 heavy (non-hydrogen) atoms. The van der Waals surface area contributed by atoms with Gasteiger partial charge in [-0.1, -0.05) is 13.3 Å². The van der Waals surface area contributed by atoms with E-state index in [2.05, 4.69) is 38.6 Å². The average molecular weight is 507 g/mol. The highest BCUT2D eigenvalue weighted by Crippen LogP contribution is 2.41. The maximum absolute atomic E-state index is 12.8. The first-order valence-electron chi connectivity index (χ1n) is 14.8. The maximum atomic E-state index is 12.8. The summed E-state index contributed by atoms with van der Waals surface area (Å²) in [6.07, 6.45) is 9.20. The number of ether oxygens (including phenoxy) is 1. The molecule has 2 aliphatic carbocycles. The summed E-state index contributed by atoms with van der Waals surface area (Å²) in [5.41, 5.74) is 6.39. The Balaban J connectivity index is 0.990. The number of nitrogens with one attached hydrogen (secondary N) is 5. The van der Waals surface area contributed by atoms with Crippen molar-refractivity contribution in [2.45, 2.75) is 82.7 Å². The fourth-order valence-corrected chi connectivity index (χ4v) is 7.19. The van der Waals surface area contributed by atoms with Gasteiger partial charge in [-0.3, -0.25) is 21.0 Å². The molecule has 7 atom stereocenters. The van der Waals surface area contributed by atoms with Gasteiger partial charge in [0.05, 0.1) is 25.0 Å². The van der Waals surface area contributed by atoms with Gasteiger partial charge in [-0.25, -0.2) is 0 Å². The lowest BCUT2D eigenvalue weighted by atomic mass is 9.68. The summed E-state index contributed by atoms with van der Waals surface area (Å²) in [6, 6.07) is 0.618. The van der Waals surface area contributed by atoms with Crippen LogP contribution in [0, 0.1) is 29.6 Å². The molecule has 206 valence electrons. The van der Waals surface area contributed by atoms with E-state index in [0.29, 0.717) is 43.0 Å². The highest BCUT2D eigenvalue weighted by atomic mass is 16.5. The molecule has 6 N–H and O–H groups in total. The van der Waals surface area contributed by atoms with Gasteiger partial charge in [-0.2, -0.15) is 0 Å². The summed E-state index contributed by atoms with van der Waals surface area (Å²) >= 11 is 0. The van der Waals surface area contributed by atoms with Crippen LogP contribution >= 0.6 is 0 Å². The molecule has 0 aromatic carbocycles. The van der Waals surface area contributed by atoms with Crippen molar-refractivity contribution in [3.63, 3.8) is 0 Å². The third kappa shape index (κ3) is 6.98. The summed E-state index contributed by atoms with van der Waals surface area (Å²) in [4.78, 5) is 15.2. The predicted octanol–water partition coefficient (Wildman–Crippen LogP) is 0.409. The number of rotatable bonds is 10. The van der Waals surface area contributed by atoms with E-state index < -0.39 is 6.10 Å². The van der Waals surface area contributed by atoms with Crippen molar-refractivity contribution >= 4 is 5.91 Å². The van der Waals surface area contributed by atoms with Gasteiger partial charge in [0.1, 0.15) is 0 Å². The van der Waals surface area contributed by atoms with Crippen LogP contribution in [0.5, 0.6) is 0 Å². The second-order valence-electron chi connectivity index (χ2n) is 12.3. The standard InChI is InChI=1S/C27H50N6O3/c1-18-24-8-10-33(15-21(24)5-6-25(18)36-17-19-12-30-31-13-19)16-23(34)14-29-27(35)20-7-9-28-26(11-20)32-22-3-2-4-22/h18-26,28,30-32,34H,2-17H2,1H3,(H,29,35)/t18?,20?,21?,23-,24?,25?,26?/m0/s1. The van der Waals surface area contributed by atoms with Crippen LogP contribution in [0.25, 0.3) is 0 Å². The normalized spacial score (nSPS) is 37.3. The van der Waals surface area contributed by atoms with Gasteiger partial charge in [0, 0.05) is 50.6 Å². The molecule has 2 saturated carbocycles. The quantitative estimate of drug-likeness (QED) is 0.253. The van der Waals surface area contributed by atoms with Crippen LogP contribution in [0.15, 0.2) is 0 Å². The van der Waals surface area contributed by atoms with Gasteiger partial charge in [-0.15, -0.1) is 0 Å².